The number of likely N-dealkylation sites (tertiary alicyclic amines) is 1. The third-order valence-corrected chi connectivity index (χ3v) is 8.09. The average molecular weight is 516 g/mol. The first-order valence-corrected chi connectivity index (χ1v) is 13.1. The van der Waals surface area contributed by atoms with Crippen LogP contribution in [0.25, 0.3) is 11.1 Å². The van der Waals surface area contributed by atoms with Gasteiger partial charge in [-0.3, -0.25) is 0 Å². The molecule has 1 spiro atoms. The highest BCUT2D eigenvalue weighted by Crippen LogP contribution is 2.50. The molecule has 0 N–H and O–H groups in total. The lowest BCUT2D eigenvalue weighted by molar-refractivity contribution is -0.152. The van der Waals surface area contributed by atoms with Gasteiger partial charge >= 0.3 is 0 Å². The largest absolute Gasteiger partial charge is 0.466 e. The van der Waals surface area contributed by atoms with Crippen molar-refractivity contribution in [3.05, 3.63) is 88.4 Å². The average Bonchev–Trinajstić information content (AvgIpc) is 3.33. The Morgan fingerprint density at radius 2 is 1.59 bits per heavy atom. The number of hydrazone groups is 1. The van der Waals surface area contributed by atoms with Gasteiger partial charge in [-0.05, 0) is 48.7 Å². The van der Waals surface area contributed by atoms with Gasteiger partial charge in [0, 0.05) is 48.4 Å². The van der Waals surface area contributed by atoms with E-state index in [-0.39, 0.29) is 11.8 Å². The molecule has 34 heavy (non-hydrogen) atoms. The number of rotatable bonds is 3. The van der Waals surface area contributed by atoms with Gasteiger partial charge in [0.15, 0.2) is 0 Å². The normalized spacial score (nSPS) is 21.2. The zero-order valence-electron chi connectivity index (χ0n) is 19.7. The summed E-state index contributed by atoms with van der Waals surface area (Å²) >= 11 is 3.67. The summed E-state index contributed by atoms with van der Waals surface area (Å²) in [5.41, 5.74) is 5.67. The monoisotopic (exact) mass is 515 g/mol. The molecule has 5 heteroatoms. The van der Waals surface area contributed by atoms with Crippen LogP contribution in [0.3, 0.4) is 0 Å². The van der Waals surface area contributed by atoms with Gasteiger partial charge in [0.25, 0.3) is 0 Å². The van der Waals surface area contributed by atoms with Crippen molar-refractivity contribution in [1.29, 1.82) is 0 Å². The van der Waals surface area contributed by atoms with Crippen LogP contribution in [-0.4, -0.2) is 40.5 Å². The summed E-state index contributed by atoms with van der Waals surface area (Å²) in [5.74, 6) is 1.01. The number of fused-ring (bicyclic) bond motifs is 4. The van der Waals surface area contributed by atoms with Gasteiger partial charge in [-0.2, -0.15) is 5.10 Å². The first kappa shape index (κ1) is 21.9. The minimum atomic E-state index is -0.372. The van der Waals surface area contributed by atoms with Crippen molar-refractivity contribution in [1.82, 2.24) is 9.91 Å². The van der Waals surface area contributed by atoms with Gasteiger partial charge in [0.05, 0.1) is 11.8 Å². The number of benzene rings is 3. The van der Waals surface area contributed by atoms with E-state index in [9.17, 15) is 0 Å². The van der Waals surface area contributed by atoms with Crippen LogP contribution in [0.2, 0.25) is 0 Å². The molecule has 0 radical (unpaired) electrons. The smallest absolute Gasteiger partial charge is 0.200 e. The molecule has 1 fully saturated rings. The number of halogens is 1. The van der Waals surface area contributed by atoms with E-state index in [1.54, 1.807) is 0 Å². The SMILES string of the molecule is CC(C)N1CCC2(CC1)Oc1ccc(Br)cc1[C@H]1CC(c3ccc(-c4ccccc4)cc3)=NN12. The van der Waals surface area contributed by atoms with Crippen LogP contribution in [0.4, 0.5) is 0 Å². The third-order valence-electron chi connectivity index (χ3n) is 7.59. The third kappa shape index (κ3) is 3.75. The Morgan fingerprint density at radius 1 is 0.912 bits per heavy atom. The van der Waals surface area contributed by atoms with E-state index >= 15 is 0 Å². The van der Waals surface area contributed by atoms with Gasteiger partial charge in [-0.1, -0.05) is 70.5 Å². The van der Waals surface area contributed by atoms with E-state index in [1.165, 1.54) is 22.3 Å². The van der Waals surface area contributed by atoms with Gasteiger partial charge < -0.3 is 9.64 Å². The molecule has 3 aliphatic rings. The fraction of sp³-hybridized carbons (Fsp3) is 0.345. The fourth-order valence-electron chi connectivity index (χ4n) is 5.63. The Labute approximate surface area is 210 Å². The molecule has 3 aromatic rings. The van der Waals surface area contributed by atoms with Crippen molar-refractivity contribution < 1.29 is 4.74 Å². The topological polar surface area (TPSA) is 28.1 Å². The highest BCUT2D eigenvalue weighted by Gasteiger charge is 2.52. The summed E-state index contributed by atoms with van der Waals surface area (Å²) in [4.78, 5) is 2.55. The summed E-state index contributed by atoms with van der Waals surface area (Å²) < 4.78 is 7.87. The summed E-state index contributed by atoms with van der Waals surface area (Å²) in [7, 11) is 0. The summed E-state index contributed by atoms with van der Waals surface area (Å²) in [6.07, 6.45) is 2.81. The van der Waals surface area contributed by atoms with Crippen molar-refractivity contribution in [2.45, 2.75) is 50.9 Å². The molecule has 0 unspecified atom stereocenters. The second-order valence-electron chi connectivity index (χ2n) is 9.91. The Bertz CT molecular complexity index is 1210. The minimum absolute atomic E-state index is 0.204. The van der Waals surface area contributed by atoms with Crippen molar-refractivity contribution in [2.24, 2.45) is 5.10 Å². The molecule has 1 saturated heterocycles. The van der Waals surface area contributed by atoms with Gasteiger partial charge in [-0.15, -0.1) is 0 Å². The predicted octanol–water partition coefficient (Wildman–Crippen LogP) is 6.86. The van der Waals surface area contributed by atoms with Crippen molar-refractivity contribution in [3.63, 3.8) is 0 Å². The zero-order chi connectivity index (χ0) is 23.3. The van der Waals surface area contributed by atoms with E-state index in [0.717, 1.165) is 48.3 Å². The van der Waals surface area contributed by atoms with Gasteiger partial charge in [-0.25, -0.2) is 5.01 Å². The Morgan fingerprint density at radius 3 is 2.29 bits per heavy atom. The maximum absolute atomic E-state index is 6.79. The molecule has 4 nitrogen and oxygen atoms in total. The maximum Gasteiger partial charge on any atom is 0.200 e. The highest BCUT2D eigenvalue weighted by molar-refractivity contribution is 9.10. The summed E-state index contributed by atoms with van der Waals surface area (Å²) in [5, 5.41) is 7.55. The number of hydrogen-bond acceptors (Lipinski definition) is 4. The molecule has 0 aliphatic carbocycles. The summed E-state index contributed by atoms with van der Waals surface area (Å²) in [6, 6.07) is 26.6. The Balaban J connectivity index is 1.34. The molecular weight excluding hydrogens is 486 g/mol. The lowest BCUT2D eigenvalue weighted by Crippen LogP contribution is -2.59. The van der Waals surface area contributed by atoms with E-state index in [2.05, 4.69) is 112 Å². The van der Waals surface area contributed by atoms with Crippen LogP contribution in [0.5, 0.6) is 5.75 Å². The molecule has 3 aliphatic heterocycles. The summed E-state index contributed by atoms with van der Waals surface area (Å²) in [6.45, 7) is 6.62. The van der Waals surface area contributed by atoms with Crippen LogP contribution in [0, 0.1) is 0 Å². The van der Waals surface area contributed by atoms with Crippen LogP contribution < -0.4 is 4.74 Å². The first-order chi connectivity index (χ1) is 16.5. The lowest BCUT2D eigenvalue weighted by Gasteiger charge is -2.51. The quantitative estimate of drug-likeness (QED) is 0.381. The fourth-order valence-corrected chi connectivity index (χ4v) is 6.01. The van der Waals surface area contributed by atoms with Crippen molar-refractivity contribution >= 4 is 21.6 Å². The first-order valence-electron chi connectivity index (χ1n) is 12.3. The molecular formula is C29H30BrN3O. The minimum Gasteiger partial charge on any atom is -0.466 e. The van der Waals surface area contributed by atoms with Crippen LogP contribution in [-0.2, 0) is 0 Å². The number of piperidine rings is 1. The molecule has 3 aromatic carbocycles. The van der Waals surface area contributed by atoms with Crippen LogP contribution in [0.1, 0.15) is 50.3 Å². The zero-order valence-corrected chi connectivity index (χ0v) is 21.3. The standard InChI is InChI=1S/C29H30BrN3O/c1-20(2)32-16-14-29(15-17-32)33-27(25-18-24(30)12-13-28(25)34-29)19-26(31-33)23-10-8-22(9-11-23)21-6-4-3-5-7-21/h3-13,18,20,27H,14-17,19H2,1-2H3/t27-/m1/s1. The van der Waals surface area contributed by atoms with E-state index in [0.29, 0.717) is 6.04 Å². The van der Waals surface area contributed by atoms with Crippen LogP contribution >= 0.6 is 15.9 Å². The molecule has 3 heterocycles. The molecule has 0 amide bonds. The Hall–Kier alpha value is -2.63. The maximum atomic E-state index is 6.79. The molecule has 6 rings (SSSR count). The molecule has 0 saturated carbocycles. The number of nitrogens with zero attached hydrogens (tertiary/aromatic N) is 3. The highest BCUT2D eigenvalue weighted by atomic mass is 79.9. The molecule has 0 aromatic heterocycles. The molecule has 174 valence electrons. The second kappa shape index (κ2) is 8.54. The Kier molecular flexibility index (Phi) is 5.50. The van der Waals surface area contributed by atoms with Crippen molar-refractivity contribution in [3.8, 4) is 16.9 Å². The second-order valence-corrected chi connectivity index (χ2v) is 10.8. The van der Waals surface area contributed by atoms with Crippen LogP contribution in [0.15, 0.2) is 82.4 Å². The molecule has 0 bridgehead atoms. The van der Waals surface area contributed by atoms with Gasteiger partial charge in [0.1, 0.15) is 5.75 Å². The number of ether oxygens (including phenoxy) is 1. The van der Waals surface area contributed by atoms with E-state index < -0.39 is 0 Å². The van der Waals surface area contributed by atoms with E-state index in [1.807, 2.05) is 0 Å². The lowest BCUT2D eigenvalue weighted by atomic mass is 9.90. The van der Waals surface area contributed by atoms with Gasteiger partial charge in [0.2, 0.25) is 5.72 Å². The predicted molar refractivity (Wildman–Crippen MR) is 141 cm³/mol. The number of hydrogen-bond donors (Lipinski definition) is 0. The van der Waals surface area contributed by atoms with Crippen molar-refractivity contribution in [2.75, 3.05) is 13.1 Å². The van der Waals surface area contributed by atoms with E-state index in [4.69, 9.17) is 9.84 Å². The molecule has 1 atom stereocenters.